The summed E-state index contributed by atoms with van der Waals surface area (Å²) < 4.78 is 11.8. The van der Waals surface area contributed by atoms with E-state index in [1.54, 1.807) is 36.4 Å². The lowest BCUT2D eigenvalue weighted by atomic mass is 9.90. The number of primary amides is 1. The molecule has 12 heteroatoms. The Morgan fingerprint density at radius 1 is 0.868 bits per heavy atom. The van der Waals surface area contributed by atoms with Gasteiger partial charge in [-0.05, 0) is 84.3 Å². The molecule has 278 valence electrons. The number of phenolic OH excluding ortho intramolecular Hbond substituents is 1. The number of rotatable bonds is 16. The van der Waals surface area contributed by atoms with Gasteiger partial charge in [-0.3, -0.25) is 14.4 Å². The van der Waals surface area contributed by atoms with Gasteiger partial charge in [-0.1, -0.05) is 79.4 Å². The van der Waals surface area contributed by atoms with Crippen molar-refractivity contribution >= 4 is 35.3 Å². The molecule has 1 aliphatic carbocycles. The van der Waals surface area contributed by atoms with Crippen LogP contribution < -0.4 is 25.8 Å². The zero-order chi connectivity index (χ0) is 37.9. The summed E-state index contributed by atoms with van der Waals surface area (Å²) in [5.41, 5.74) is 8.31. The maximum atomic E-state index is 14.0. The number of hydrogen-bond donors (Lipinski definition) is 5. The third-order valence-electron chi connectivity index (χ3n) is 9.28. The molecule has 11 nitrogen and oxygen atoms in total. The lowest BCUT2D eigenvalue weighted by molar-refractivity contribution is -0.145. The Kier molecular flexibility index (Phi) is 13.3. The van der Waals surface area contributed by atoms with Gasteiger partial charge in [0.05, 0.1) is 18.2 Å². The van der Waals surface area contributed by atoms with Crippen molar-refractivity contribution in [3.8, 4) is 17.2 Å². The molecule has 0 saturated heterocycles. The zero-order valence-corrected chi connectivity index (χ0v) is 30.2. The van der Waals surface area contributed by atoms with Gasteiger partial charge in [-0.15, -0.1) is 0 Å². The van der Waals surface area contributed by atoms with Gasteiger partial charge in [0.25, 0.3) is 5.91 Å². The Morgan fingerprint density at radius 2 is 1.57 bits per heavy atom. The predicted molar refractivity (Wildman–Crippen MR) is 200 cm³/mol. The van der Waals surface area contributed by atoms with Crippen LogP contribution in [0.25, 0.3) is 0 Å². The van der Waals surface area contributed by atoms with Crippen LogP contribution in [0.2, 0.25) is 5.02 Å². The number of phenols is 1. The molecule has 2 unspecified atom stereocenters. The standard InChI is InChI=1S/C41H44ClN3O8/c1-25(46)44-35(21-27-12-16-31(17-13-27)53-38(41(50)51)32-18-15-30(42)23-36(32)47)40(49)45-34(20-26-8-4-2-5-9-26)29-14-19-37(33(22-29)39(43)48)52-24-28-10-6-3-7-11-28/h2,4-5,8-9,12-19,22-23,28,34-35,38,47H,3,6-7,10-11,20-21,24H2,1H3,(H2,43,48)(H,44,46)(H,45,49)(H,50,51)/t34?,35-,38?/m0/s1. The Labute approximate surface area is 313 Å². The van der Waals surface area contributed by atoms with Crippen LogP contribution >= 0.6 is 11.6 Å². The first-order chi connectivity index (χ1) is 25.5. The molecule has 0 heterocycles. The summed E-state index contributed by atoms with van der Waals surface area (Å²) in [6, 6.07) is 23.7. The number of ether oxygens (including phenoxy) is 2. The Balaban J connectivity index is 1.34. The quantitative estimate of drug-likeness (QED) is 0.0869. The summed E-state index contributed by atoms with van der Waals surface area (Å²) in [4.78, 5) is 50.9. The highest BCUT2D eigenvalue weighted by Crippen LogP contribution is 2.32. The minimum absolute atomic E-state index is 0.0305. The van der Waals surface area contributed by atoms with Crippen LogP contribution in [0.15, 0.2) is 91.0 Å². The second kappa shape index (κ2) is 18.3. The topological polar surface area (TPSA) is 177 Å². The molecule has 4 aromatic carbocycles. The first-order valence-electron chi connectivity index (χ1n) is 17.6. The van der Waals surface area contributed by atoms with E-state index in [0.717, 1.165) is 18.4 Å². The first-order valence-corrected chi connectivity index (χ1v) is 18.0. The van der Waals surface area contributed by atoms with Gasteiger partial charge in [-0.2, -0.15) is 0 Å². The molecule has 3 atom stereocenters. The molecule has 1 aliphatic rings. The Morgan fingerprint density at radius 3 is 2.21 bits per heavy atom. The summed E-state index contributed by atoms with van der Waals surface area (Å²) >= 11 is 5.90. The van der Waals surface area contributed by atoms with Gasteiger partial charge in [0.1, 0.15) is 23.3 Å². The number of nitrogens with two attached hydrogens (primary N) is 1. The number of carbonyl (C=O) groups excluding carboxylic acids is 3. The average molecular weight is 742 g/mol. The molecule has 0 radical (unpaired) electrons. The normalized spacial score (nSPS) is 14.7. The molecule has 1 fully saturated rings. The number of hydrogen-bond acceptors (Lipinski definition) is 7. The summed E-state index contributed by atoms with van der Waals surface area (Å²) in [7, 11) is 0. The molecule has 0 aromatic heterocycles. The molecule has 53 heavy (non-hydrogen) atoms. The number of halogens is 1. The highest BCUT2D eigenvalue weighted by atomic mass is 35.5. The fourth-order valence-corrected chi connectivity index (χ4v) is 6.70. The number of carboxylic acid groups (broad SMARTS) is 1. The van der Waals surface area contributed by atoms with E-state index < -0.39 is 41.9 Å². The van der Waals surface area contributed by atoms with Gasteiger partial charge < -0.3 is 36.1 Å². The third kappa shape index (κ3) is 11.0. The molecule has 5 rings (SSSR count). The molecule has 4 aromatic rings. The smallest absolute Gasteiger partial charge is 0.349 e. The monoisotopic (exact) mass is 741 g/mol. The van der Waals surface area contributed by atoms with Crippen LogP contribution in [-0.4, -0.2) is 46.6 Å². The predicted octanol–water partition coefficient (Wildman–Crippen LogP) is 6.46. The van der Waals surface area contributed by atoms with Crippen LogP contribution in [0.3, 0.4) is 0 Å². The van der Waals surface area contributed by atoms with Crippen molar-refractivity contribution in [1.29, 1.82) is 0 Å². The van der Waals surface area contributed by atoms with Crippen molar-refractivity contribution in [2.45, 2.75) is 70.1 Å². The highest BCUT2D eigenvalue weighted by molar-refractivity contribution is 6.30. The van der Waals surface area contributed by atoms with Crippen molar-refractivity contribution < 1.29 is 38.9 Å². The second-order valence-electron chi connectivity index (χ2n) is 13.3. The maximum absolute atomic E-state index is 14.0. The van der Waals surface area contributed by atoms with Crippen molar-refractivity contribution in [3.05, 3.63) is 124 Å². The van der Waals surface area contributed by atoms with Crippen molar-refractivity contribution in [2.75, 3.05) is 6.61 Å². The van der Waals surface area contributed by atoms with Crippen molar-refractivity contribution in [3.63, 3.8) is 0 Å². The largest absolute Gasteiger partial charge is 0.507 e. The molecular formula is C41H44ClN3O8. The number of nitrogens with one attached hydrogen (secondary N) is 2. The SMILES string of the molecule is CC(=O)N[C@@H](Cc1ccc(OC(C(=O)O)c2ccc(Cl)cc2O)cc1)C(=O)NC(Cc1ccccc1)c1ccc(OCC2CCCCC2)c(C(N)=O)c1. The average Bonchev–Trinajstić information content (AvgIpc) is 3.14. The zero-order valence-electron chi connectivity index (χ0n) is 29.4. The summed E-state index contributed by atoms with van der Waals surface area (Å²) in [5.74, 6) is -2.11. The summed E-state index contributed by atoms with van der Waals surface area (Å²) in [6.45, 7) is 1.82. The highest BCUT2D eigenvalue weighted by Gasteiger charge is 2.27. The van der Waals surface area contributed by atoms with Crippen LogP contribution in [0, 0.1) is 5.92 Å². The van der Waals surface area contributed by atoms with E-state index in [1.165, 1.54) is 44.4 Å². The van der Waals surface area contributed by atoms with Crippen LogP contribution in [-0.2, 0) is 27.2 Å². The van der Waals surface area contributed by atoms with E-state index in [9.17, 15) is 29.4 Å². The number of benzene rings is 4. The van der Waals surface area contributed by atoms with Crippen molar-refractivity contribution in [1.82, 2.24) is 10.6 Å². The lowest BCUT2D eigenvalue weighted by Gasteiger charge is -2.25. The van der Waals surface area contributed by atoms with Gasteiger partial charge in [0, 0.05) is 23.9 Å². The fraction of sp³-hybridized carbons (Fsp3) is 0.317. The minimum atomic E-state index is -1.51. The summed E-state index contributed by atoms with van der Waals surface area (Å²) in [5, 5.41) is 26.1. The molecular weight excluding hydrogens is 698 g/mol. The molecule has 6 N–H and O–H groups in total. The minimum Gasteiger partial charge on any atom is -0.507 e. The third-order valence-corrected chi connectivity index (χ3v) is 9.52. The van der Waals surface area contributed by atoms with E-state index >= 15 is 0 Å². The number of carbonyl (C=O) groups is 4. The number of carboxylic acids is 1. The van der Waals surface area contributed by atoms with E-state index in [2.05, 4.69) is 10.6 Å². The van der Waals surface area contributed by atoms with E-state index in [0.29, 0.717) is 35.8 Å². The Hall–Kier alpha value is -5.55. The summed E-state index contributed by atoms with van der Waals surface area (Å²) in [6.07, 6.45) is 4.71. The van der Waals surface area contributed by atoms with Gasteiger partial charge in [-0.25, -0.2) is 4.79 Å². The maximum Gasteiger partial charge on any atom is 0.349 e. The van der Waals surface area contributed by atoms with E-state index in [4.69, 9.17) is 26.8 Å². The van der Waals surface area contributed by atoms with Gasteiger partial charge >= 0.3 is 5.97 Å². The number of aromatic hydroxyl groups is 1. The van der Waals surface area contributed by atoms with E-state index in [-0.39, 0.29) is 34.1 Å². The number of amides is 3. The van der Waals surface area contributed by atoms with E-state index in [1.807, 2.05) is 36.4 Å². The van der Waals surface area contributed by atoms with Gasteiger partial charge in [0.2, 0.25) is 17.9 Å². The molecule has 1 saturated carbocycles. The number of aliphatic carboxylic acids is 1. The van der Waals surface area contributed by atoms with Crippen LogP contribution in [0.5, 0.6) is 17.2 Å². The first kappa shape index (κ1) is 38.7. The molecule has 0 bridgehead atoms. The molecule has 0 aliphatic heterocycles. The fourth-order valence-electron chi connectivity index (χ4n) is 6.53. The van der Waals surface area contributed by atoms with Gasteiger partial charge in [0.15, 0.2) is 0 Å². The van der Waals surface area contributed by atoms with Crippen LogP contribution in [0.4, 0.5) is 0 Å². The molecule has 3 amide bonds. The lowest BCUT2D eigenvalue weighted by Crippen LogP contribution is -2.48. The molecule has 0 spiro atoms. The Bertz CT molecular complexity index is 1900. The second-order valence-corrected chi connectivity index (χ2v) is 13.8. The van der Waals surface area contributed by atoms with Crippen LogP contribution in [0.1, 0.15) is 83.8 Å². The van der Waals surface area contributed by atoms with Crippen molar-refractivity contribution in [2.24, 2.45) is 11.7 Å².